The molecule has 2 rings (SSSR count). The van der Waals surface area contributed by atoms with Crippen molar-refractivity contribution in [2.75, 3.05) is 4.72 Å². The first-order valence-electron chi connectivity index (χ1n) is 6.03. The lowest BCUT2D eigenvalue weighted by molar-refractivity contribution is 0.584. The van der Waals surface area contributed by atoms with Gasteiger partial charge in [-0.1, -0.05) is 18.9 Å². The largest absolute Gasteiger partial charge is 0.326 e. The second kappa shape index (κ2) is 5.24. The van der Waals surface area contributed by atoms with Crippen LogP contribution in [0.5, 0.6) is 0 Å². The van der Waals surface area contributed by atoms with Gasteiger partial charge in [0.15, 0.2) is 0 Å². The lowest BCUT2D eigenvalue weighted by Crippen LogP contribution is -2.26. The molecule has 1 aliphatic carbocycles. The SMILES string of the molecule is NCc1c(F)cccc1NS(=O)(=O)C1CCCC1. The van der Waals surface area contributed by atoms with Crippen molar-refractivity contribution >= 4 is 15.7 Å². The summed E-state index contributed by atoms with van der Waals surface area (Å²) in [5.74, 6) is -0.482. The number of benzene rings is 1. The molecule has 0 saturated heterocycles. The molecule has 18 heavy (non-hydrogen) atoms. The molecular weight excluding hydrogens is 255 g/mol. The molecule has 0 heterocycles. The Hall–Kier alpha value is -1.14. The van der Waals surface area contributed by atoms with Crippen molar-refractivity contribution in [3.05, 3.63) is 29.6 Å². The van der Waals surface area contributed by atoms with Gasteiger partial charge < -0.3 is 5.73 Å². The molecule has 0 radical (unpaired) electrons. The molecule has 0 aromatic heterocycles. The normalized spacial score (nSPS) is 17.0. The molecule has 1 aliphatic rings. The van der Waals surface area contributed by atoms with Crippen LogP contribution in [0.2, 0.25) is 0 Å². The van der Waals surface area contributed by atoms with Crippen LogP contribution >= 0.6 is 0 Å². The summed E-state index contributed by atoms with van der Waals surface area (Å²) in [6.07, 6.45) is 3.20. The fourth-order valence-corrected chi connectivity index (χ4v) is 3.92. The van der Waals surface area contributed by atoms with Crippen LogP contribution in [-0.2, 0) is 16.6 Å². The average molecular weight is 272 g/mol. The number of nitrogens with one attached hydrogen (secondary N) is 1. The average Bonchev–Trinajstić information content (AvgIpc) is 2.83. The summed E-state index contributed by atoms with van der Waals surface area (Å²) >= 11 is 0. The Kier molecular flexibility index (Phi) is 3.87. The monoisotopic (exact) mass is 272 g/mol. The molecule has 0 bridgehead atoms. The lowest BCUT2D eigenvalue weighted by atomic mass is 10.2. The summed E-state index contributed by atoms with van der Waals surface area (Å²) in [5.41, 5.74) is 5.91. The molecule has 0 amide bonds. The van der Waals surface area contributed by atoms with Crippen LogP contribution < -0.4 is 10.5 Å². The number of rotatable bonds is 4. The highest BCUT2D eigenvalue weighted by Crippen LogP contribution is 2.27. The third-order valence-electron chi connectivity index (χ3n) is 3.32. The van der Waals surface area contributed by atoms with Crippen molar-refractivity contribution < 1.29 is 12.8 Å². The van der Waals surface area contributed by atoms with E-state index < -0.39 is 15.8 Å². The van der Waals surface area contributed by atoms with E-state index in [1.165, 1.54) is 18.2 Å². The molecule has 0 atom stereocenters. The van der Waals surface area contributed by atoms with Crippen LogP contribution in [0.3, 0.4) is 0 Å². The van der Waals surface area contributed by atoms with Crippen molar-refractivity contribution in [1.82, 2.24) is 0 Å². The Morgan fingerprint density at radius 3 is 2.61 bits per heavy atom. The van der Waals surface area contributed by atoms with Gasteiger partial charge in [-0.3, -0.25) is 4.72 Å². The molecule has 1 fully saturated rings. The van der Waals surface area contributed by atoms with Gasteiger partial charge in [-0.05, 0) is 25.0 Å². The van der Waals surface area contributed by atoms with Gasteiger partial charge in [0.05, 0.1) is 10.9 Å². The zero-order chi connectivity index (χ0) is 13.2. The Morgan fingerprint density at radius 2 is 2.00 bits per heavy atom. The molecule has 0 spiro atoms. The van der Waals surface area contributed by atoms with E-state index >= 15 is 0 Å². The summed E-state index contributed by atoms with van der Waals surface area (Å²) in [4.78, 5) is 0. The fraction of sp³-hybridized carbons (Fsp3) is 0.500. The van der Waals surface area contributed by atoms with E-state index in [2.05, 4.69) is 4.72 Å². The summed E-state index contributed by atoms with van der Waals surface area (Å²) in [7, 11) is -3.43. The third-order valence-corrected chi connectivity index (χ3v) is 5.17. The molecule has 1 saturated carbocycles. The topological polar surface area (TPSA) is 72.2 Å². The number of nitrogens with two attached hydrogens (primary N) is 1. The Balaban J connectivity index is 2.26. The first-order valence-corrected chi connectivity index (χ1v) is 7.58. The quantitative estimate of drug-likeness (QED) is 0.880. The fourth-order valence-electron chi connectivity index (χ4n) is 2.30. The van der Waals surface area contributed by atoms with Crippen LogP contribution in [0.4, 0.5) is 10.1 Å². The van der Waals surface area contributed by atoms with Crippen LogP contribution in [0.1, 0.15) is 31.2 Å². The molecular formula is C12H17FN2O2S. The minimum atomic E-state index is -3.43. The Bertz CT molecular complexity index is 525. The van der Waals surface area contributed by atoms with Crippen molar-refractivity contribution in [3.63, 3.8) is 0 Å². The number of sulfonamides is 1. The van der Waals surface area contributed by atoms with E-state index in [0.29, 0.717) is 12.8 Å². The van der Waals surface area contributed by atoms with Crippen LogP contribution in [0.15, 0.2) is 18.2 Å². The predicted octanol–water partition coefficient (Wildman–Crippen LogP) is 1.97. The summed E-state index contributed by atoms with van der Waals surface area (Å²) < 4.78 is 40.2. The number of hydrogen-bond donors (Lipinski definition) is 2. The maximum absolute atomic E-state index is 13.5. The second-order valence-electron chi connectivity index (χ2n) is 4.52. The van der Waals surface area contributed by atoms with E-state index in [9.17, 15) is 12.8 Å². The zero-order valence-electron chi connectivity index (χ0n) is 10.0. The van der Waals surface area contributed by atoms with Crippen molar-refractivity contribution in [3.8, 4) is 0 Å². The minimum absolute atomic E-state index is 0.0325. The first kappa shape index (κ1) is 13.3. The predicted molar refractivity (Wildman–Crippen MR) is 69.1 cm³/mol. The van der Waals surface area contributed by atoms with Gasteiger partial charge >= 0.3 is 0 Å². The maximum Gasteiger partial charge on any atom is 0.235 e. The van der Waals surface area contributed by atoms with Gasteiger partial charge in [-0.15, -0.1) is 0 Å². The molecule has 1 aromatic carbocycles. The van der Waals surface area contributed by atoms with Gasteiger partial charge in [-0.25, -0.2) is 12.8 Å². The smallest absolute Gasteiger partial charge is 0.235 e. The molecule has 1 aromatic rings. The highest BCUT2D eigenvalue weighted by Gasteiger charge is 2.29. The molecule has 4 nitrogen and oxygen atoms in total. The number of halogens is 1. The van der Waals surface area contributed by atoms with E-state index in [-0.39, 0.29) is 23.0 Å². The van der Waals surface area contributed by atoms with Crippen molar-refractivity contribution in [2.45, 2.75) is 37.5 Å². The zero-order valence-corrected chi connectivity index (χ0v) is 10.8. The van der Waals surface area contributed by atoms with Gasteiger partial charge in [0.1, 0.15) is 5.82 Å². The van der Waals surface area contributed by atoms with Crippen LogP contribution in [-0.4, -0.2) is 13.7 Å². The summed E-state index contributed by atoms with van der Waals surface area (Å²) in [6, 6.07) is 4.29. The van der Waals surface area contributed by atoms with Crippen LogP contribution in [0, 0.1) is 5.82 Å². The number of anilines is 1. The standard InChI is InChI=1S/C12H17FN2O2S/c13-11-6-3-7-12(10(11)8-14)15-18(16,17)9-4-1-2-5-9/h3,6-7,9,15H,1-2,4-5,8,14H2. The highest BCUT2D eigenvalue weighted by atomic mass is 32.2. The Labute approximate surface area is 106 Å². The van der Waals surface area contributed by atoms with Crippen molar-refractivity contribution in [2.24, 2.45) is 5.73 Å². The minimum Gasteiger partial charge on any atom is -0.326 e. The molecule has 6 heteroatoms. The maximum atomic E-state index is 13.5. The molecule has 3 N–H and O–H groups in total. The van der Waals surface area contributed by atoms with Gasteiger partial charge in [0.2, 0.25) is 10.0 Å². The molecule has 100 valence electrons. The third kappa shape index (κ3) is 2.64. The number of hydrogen-bond acceptors (Lipinski definition) is 3. The van der Waals surface area contributed by atoms with E-state index in [0.717, 1.165) is 12.8 Å². The summed E-state index contributed by atoms with van der Waals surface area (Å²) in [5, 5.41) is -0.369. The van der Waals surface area contributed by atoms with Gasteiger partial charge in [0, 0.05) is 12.1 Å². The Morgan fingerprint density at radius 1 is 1.33 bits per heavy atom. The lowest BCUT2D eigenvalue weighted by Gasteiger charge is -2.16. The highest BCUT2D eigenvalue weighted by molar-refractivity contribution is 7.93. The second-order valence-corrected chi connectivity index (χ2v) is 6.48. The van der Waals surface area contributed by atoms with Gasteiger partial charge in [-0.2, -0.15) is 0 Å². The molecule has 0 aliphatic heterocycles. The van der Waals surface area contributed by atoms with Gasteiger partial charge in [0.25, 0.3) is 0 Å². The first-order chi connectivity index (χ1) is 8.54. The van der Waals surface area contributed by atoms with Crippen LogP contribution in [0.25, 0.3) is 0 Å². The van der Waals surface area contributed by atoms with E-state index in [1.807, 2.05) is 0 Å². The molecule has 0 unspecified atom stereocenters. The van der Waals surface area contributed by atoms with E-state index in [4.69, 9.17) is 5.73 Å². The van der Waals surface area contributed by atoms with Crippen molar-refractivity contribution in [1.29, 1.82) is 0 Å². The van der Waals surface area contributed by atoms with E-state index in [1.54, 1.807) is 0 Å². The summed E-state index contributed by atoms with van der Waals surface area (Å²) in [6.45, 7) is -0.0325.